The minimum Gasteiger partial charge on any atom is -0.508 e. The summed E-state index contributed by atoms with van der Waals surface area (Å²) in [7, 11) is 0. The summed E-state index contributed by atoms with van der Waals surface area (Å²) in [5.74, 6) is -2.89. The fourth-order valence-electron chi connectivity index (χ4n) is 3.31. The highest BCUT2D eigenvalue weighted by Crippen LogP contribution is 2.30. The molecule has 4 amide bonds. The number of nitrogens with zero attached hydrogens (tertiary/aromatic N) is 1. The first kappa shape index (κ1) is 27.7. The number of carbonyl (C=O) groups is 4. The predicted octanol–water partition coefficient (Wildman–Crippen LogP) is 2.57. The van der Waals surface area contributed by atoms with Gasteiger partial charge in [0, 0.05) is 17.3 Å². The molecule has 0 saturated carbocycles. The van der Waals surface area contributed by atoms with E-state index in [1.165, 1.54) is 18.2 Å². The number of amides is 4. The van der Waals surface area contributed by atoms with Crippen LogP contribution in [0.2, 0.25) is 0 Å². The van der Waals surface area contributed by atoms with Gasteiger partial charge in [0.05, 0.1) is 6.42 Å². The minimum absolute atomic E-state index is 0.0324. The number of terminal acetylenes is 1. The first-order chi connectivity index (χ1) is 16.8. The molecule has 2 rings (SSSR count). The van der Waals surface area contributed by atoms with Crippen LogP contribution in [0.15, 0.2) is 48.5 Å². The van der Waals surface area contributed by atoms with E-state index in [1.54, 1.807) is 58.0 Å². The maximum absolute atomic E-state index is 13.5. The van der Waals surface area contributed by atoms with Gasteiger partial charge in [-0.1, -0.05) is 42.8 Å². The standard InChI is InChI=1S/C26H30N4O6/c1-6-30(24(34)19(15-21(27)32)29-25(35)36-26(3,4)5)22(17-12-8-10-14-20(17)31)23(33)28-18-13-9-7-11-16(18)2/h1,7-14,19,22,31H,15H2,2-5H3,(H2,27,32)(H,28,33)(H,29,35). The largest absolute Gasteiger partial charge is 0.508 e. The molecule has 0 heterocycles. The Hall–Kier alpha value is -4.52. The number of nitrogens with one attached hydrogen (secondary N) is 2. The van der Waals surface area contributed by atoms with Gasteiger partial charge in [0.25, 0.3) is 11.8 Å². The van der Waals surface area contributed by atoms with Crippen molar-refractivity contribution in [3.8, 4) is 18.2 Å². The molecule has 0 aromatic heterocycles. The molecule has 0 aliphatic heterocycles. The molecule has 5 N–H and O–H groups in total. The number of aryl methyl sites for hydroxylation is 1. The Morgan fingerprint density at radius 1 is 1.11 bits per heavy atom. The number of carbonyl (C=O) groups excluding carboxylic acids is 4. The molecule has 2 aromatic rings. The Bertz CT molecular complexity index is 1180. The fraction of sp³-hybridized carbons (Fsp3) is 0.308. The average Bonchev–Trinajstić information content (AvgIpc) is 2.77. The second-order valence-corrected chi connectivity index (χ2v) is 8.97. The van der Waals surface area contributed by atoms with Crippen LogP contribution in [0.4, 0.5) is 10.5 Å². The molecule has 0 spiro atoms. The lowest BCUT2D eigenvalue weighted by Crippen LogP contribution is -2.52. The monoisotopic (exact) mass is 494 g/mol. The molecule has 0 aliphatic rings. The number of hydrogen-bond donors (Lipinski definition) is 4. The van der Waals surface area contributed by atoms with Crippen molar-refractivity contribution < 1.29 is 29.0 Å². The van der Waals surface area contributed by atoms with E-state index in [0.717, 1.165) is 5.56 Å². The number of aromatic hydroxyl groups is 1. The summed E-state index contributed by atoms with van der Waals surface area (Å²) in [4.78, 5) is 51.7. The number of ether oxygens (including phenoxy) is 1. The number of primary amides is 1. The summed E-state index contributed by atoms with van der Waals surface area (Å²) >= 11 is 0. The van der Waals surface area contributed by atoms with Crippen LogP contribution in [0.3, 0.4) is 0 Å². The summed E-state index contributed by atoms with van der Waals surface area (Å²) in [5, 5.41) is 15.5. The van der Waals surface area contributed by atoms with Crippen LogP contribution in [0.1, 0.15) is 44.4 Å². The fourth-order valence-corrected chi connectivity index (χ4v) is 3.31. The van der Waals surface area contributed by atoms with Crippen molar-refractivity contribution in [2.45, 2.75) is 51.8 Å². The lowest BCUT2D eigenvalue weighted by Gasteiger charge is -2.30. The van der Waals surface area contributed by atoms with Gasteiger partial charge in [0.2, 0.25) is 5.91 Å². The highest BCUT2D eigenvalue weighted by atomic mass is 16.6. The Labute approximate surface area is 209 Å². The van der Waals surface area contributed by atoms with Crippen molar-refractivity contribution >= 4 is 29.5 Å². The highest BCUT2D eigenvalue weighted by Gasteiger charge is 2.37. The molecule has 10 nitrogen and oxygen atoms in total. The Kier molecular flexibility index (Phi) is 9.05. The van der Waals surface area contributed by atoms with Gasteiger partial charge in [-0.15, -0.1) is 0 Å². The van der Waals surface area contributed by atoms with E-state index >= 15 is 0 Å². The molecule has 2 unspecified atom stereocenters. The lowest BCUT2D eigenvalue weighted by atomic mass is 10.0. The zero-order chi connectivity index (χ0) is 27.0. The number of alkyl carbamates (subject to hydrolysis) is 1. The van der Waals surface area contributed by atoms with Gasteiger partial charge in [0.15, 0.2) is 6.04 Å². The maximum atomic E-state index is 13.5. The van der Waals surface area contributed by atoms with Crippen molar-refractivity contribution in [1.29, 1.82) is 0 Å². The number of benzene rings is 2. The summed E-state index contributed by atoms with van der Waals surface area (Å²) in [5.41, 5.74) is 5.65. The molecule has 0 radical (unpaired) electrons. The van der Waals surface area contributed by atoms with E-state index in [2.05, 4.69) is 16.7 Å². The predicted molar refractivity (Wildman–Crippen MR) is 133 cm³/mol. The third kappa shape index (κ3) is 7.50. The van der Waals surface area contributed by atoms with E-state index in [0.29, 0.717) is 10.6 Å². The molecular weight excluding hydrogens is 464 g/mol. The smallest absolute Gasteiger partial charge is 0.408 e. The number of phenolic OH excluding ortho intramolecular Hbond substituents is 1. The molecule has 0 bridgehead atoms. The van der Waals surface area contributed by atoms with Crippen LogP contribution in [-0.2, 0) is 19.1 Å². The second-order valence-electron chi connectivity index (χ2n) is 8.97. The first-order valence-corrected chi connectivity index (χ1v) is 11.1. The summed E-state index contributed by atoms with van der Waals surface area (Å²) in [6.07, 6.45) is 4.07. The van der Waals surface area contributed by atoms with Crippen molar-refractivity contribution in [2.75, 3.05) is 5.32 Å². The number of hydrogen-bond acceptors (Lipinski definition) is 6. The van der Waals surface area contributed by atoms with E-state index < -0.39 is 47.9 Å². The molecule has 2 atom stereocenters. The Morgan fingerprint density at radius 2 is 1.72 bits per heavy atom. The normalized spacial score (nSPS) is 12.4. The number of nitrogens with two attached hydrogens (primary N) is 1. The van der Waals surface area contributed by atoms with Gasteiger partial charge < -0.3 is 26.2 Å². The molecule has 10 heteroatoms. The van der Waals surface area contributed by atoms with Gasteiger partial charge in [0.1, 0.15) is 17.4 Å². The summed E-state index contributed by atoms with van der Waals surface area (Å²) < 4.78 is 5.17. The zero-order valence-corrected chi connectivity index (χ0v) is 20.6. The third-order valence-electron chi connectivity index (χ3n) is 4.91. The average molecular weight is 495 g/mol. The molecule has 0 saturated heterocycles. The van der Waals surface area contributed by atoms with E-state index in [1.807, 2.05) is 0 Å². The van der Waals surface area contributed by atoms with Gasteiger partial charge in [-0.05, 0) is 45.4 Å². The molecule has 36 heavy (non-hydrogen) atoms. The van der Waals surface area contributed by atoms with Crippen molar-refractivity contribution in [3.63, 3.8) is 0 Å². The highest BCUT2D eigenvalue weighted by molar-refractivity contribution is 6.01. The number of para-hydroxylation sites is 2. The summed E-state index contributed by atoms with van der Waals surface area (Å²) in [6.45, 7) is 6.64. The van der Waals surface area contributed by atoms with Crippen LogP contribution in [0.5, 0.6) is 5.75 Å². The molecule has 0 aliphatic carbocycles. The van der Waals surface area contributed by atoms with Gasteiger partial charge in [-0.3, -0.25) is 19.3 Å². The van der Waals surface area contributed by atoms with Crippen molar-refractivity contribution in [2.24, 2.45) is 5.73 Å². The first-order valence-electron chi connectivity index (χ1n) is 11.1. The third-order valence-corrected chi connectivity index (χ3v) is 4.91. The van der Waals surface area contributed by atoms with Crippen LogP contribution >= 0.6 is 0 Å². The maximum Gasteiger partial charge on any atom is 0.408 e. The van der Waals surface area contributed by atoms with E-state index in [9.17, 15) is 24.3 Å². The van der Waals surface area contributed by atoms with E-state index in [4.69, 9.17) is 16.9 Å². The van der Waals surface area contributed by atoms with Crippen LogP contribution < -0.4 is 16.4 Å². The second kappa shape index (κ2) is 11.8. The SMILES string of the molecule is C#CN(C(=O)C(CC(N)=O)NC(=O)OC(C)(C)C)C(C(=O)Nc1ccccc1C)c1ccccc1O. The summed E-state index contributed by atoms with van der Waals surface area (Å²) in [6, 6.07) is 11.9. The number of anilines is 1. The quantitative estimate of drug-likeness (QED) is 0.327. The molecular formula is C26H30N4O6. The van der Waals surface area contributed by atoms with Crippen LogP contribution in [0.25, 0.3) is 0 Å². The van der Waals surface area contributed by atoms with Crippen molar-refractivity contribution in [3.05, 3.63) is 59.7 Å². The molecule has 0 fully saturated rings. The van der Waals surface area contributed by atoms with Crippen LogP contribution in [-0.4, -0.2) is 45.5 Å². The van der Waals surface area contributed by atoms with Gasteiger partial charge in [-0.25, -0.2) is 4.79 Å². The van der Waals surface area contributed by atoms with Gasteiger partial charge >= 0.3 is 6.09 Å². The van der Waals surface area contributed by atoms with Crippen LogP contribution in [0, 0.1) is 19.4 Å². The zero-order valence-electron chi connectivity index (χ0n) is 20.6. The van der Waals surface area contributed by atoms with E-state index in [-0.39, 0.29) is 11.3 Å². The van der Waals surface area contributed by atoms with Gasteiger partial charge in [-0.2, -0.15) is 0 Å². The molecule has 2 aromatic carbocycles. The minimum atomic E-state index is -1.53. The Morgan fingerprint density at radius 3 is 2.28 bits per heavy atom. The number of phenols is 1. The topological polar surface area (TPSA) is 151 Å². The molecule has 190 valence electrons. The van der Waals surface area contributed by atoms with Crippen molar-refractivity contribution in [1.82, 2.24) is 10.2 Å². The number of rotatable bonds is 8. The Balaban J connectivity index is 2.49. The lowest BCUT2D eigenvalue weighted by molar-refractivity contribution is -0.138.